The molecule has 94 valence electrons. The zero-order valence-corrected chi connectivity index (χ0v) is 10.9. The molecule has 1 heterocycles. The molecule has 1 aromatic heterocycles. The highest BCUT2D eigenvalue weighted by Gasteiger charge is 2.09. The zero-order valence-electron chi connectivity index (χ0n) is 9.41. The molecule has 4 nitrogen and oxygen atoms in total. The minimum absolute atomic E-state index is 0.212. The molecule has 0 radical (unpaired) electrons. The average Bonchev–Trinajstić information content (AvgIpc) is 2.81. The molecule has 0 spiro atoms. The molecule has 2 N–H and O–H groups in total. The SMILES string of the molecule is O=C(NCCc1cnc[nH]1)c1ccc(Cl)cc1Cl. The van der Waals surface area contributed by atoms with Crippen molar-refractivity contribution in [1.29, 1.82) is 0 Å². The smallest absolute Gasteiger partial charge is 0.252 e. The number of H-pyrrole nitrogens is 1. The molecule has 6 heteroatoms. The molecule has 0 aliphatic carbocycles. The van der Waals surface area contributed by atoms with Crippen molar-refractivity contribution in [1.82, 2.24) is 15.3 Å². The first-order valence-electron chi connectivity index (χ1n) is 5.37. The van der Waals surface area contributed by atoms with Crippen LogP contribution in [0.25, 0.3) is 0 Å². The largest absolute Gasteiger partial charge is 0.352 e. The monoisotopic (exact) mass is 283 g/mol. The van der Waals surface area contributed by atoms with Crippen LogP contribution in [0.2, 0.25) is 10.0 Å². The second-order valence-electron chi connectivity index (χ2n) is 3.71. The number of halogens is 2. The first-order chi connectivity index (χ1) is 8.66. The number of aromatic amines is 1. The van der Waals surface area contributed by atoms with Gasteiger partial charge in [-0.05, 0) is 18.2 Å². The third kappa shape index (κ3) is 3.24. The Morgan fingerprint density at radius 2 is 2.22 bits per heavy atom. The predicted octanol–water partition coefficient (Wildman–Crippen LogP) is 2.69. The summed E-state index contributed by atoms with van der Waals surface area (Å²) in [5.74, 6) is -0.212. The van der Waals surface area contributed by atoms with Gasteiger partial charge >= 0.3 is 0 Å². The molecular formula is C12H11Cl2N3O. The van der Waals surface area contributed by atoms with E-state index >= 15 is 0 Å². The molecule has 0 fully saturated rings. The van der Waals surface area contributed by atoms with Crippen LogP contribution in [-0.4, -0.2) is 22.4 Å². The van der Waals surface area contributed by atoms with Gasteiger partial charge in [-0.3, -0.25) is 4.79 Å². The van der Waals surface area contributed by atoms with Crippen LogP contribution in [0.5, 0.6) is 0 Å². The fourth-order valence-corrected chi connectivity index (χ4v) is 2.00. The molecule has 18 heavy (non-hydrogen) atoms. The highest BCUT2D eigenvalue weighted by atomic mass is 35.5. The van der Waals surface area contributed by atoms with Gasteiger partial charge in [-0.25, -0.2) is 4.98 Å². The second-order valence-corrected chi connectivity index (χ2v) is 4.55. The van der Waals surface area contributed by atoms with Crippen molar-refractivity contribution in [3.05, 3.63) is 52.0 Å². The maximum atomic E-state index is 11.8. The number of amides is 1. The van der Waals surface area contributed by atoms with Gasteiger partial charge in [0.2, 0.25) is 0 Å². The summed E-state index contributed by atoms with van der Waals surface area (Å²) in [5.41, 5.74) is 1.39. The average molecular weight is 284 g/mol. The van der Waals surface area contributed by atoms with E-state index in [1.165, 1.54) is 0 Å². The summed E-state index contributed by atoms with van der Waals surface area (Å²) in [5, 5.41) is 3.64. The molecular weight excluding hydrogens is 273 g/mol. The number of hydrogen-bond donors (Lipinski definition) is 2. The molecule has 1 amide bonds. The minimum atomic E-state index is -0.212. The molecule has 0 aliphatic rings. The van der Waals surface area contributed by atoms with Crippen LogP contribution in [-0.2, 0) is 6.42 Å². The number of nitrogens with one attached hydrogen (secondary N) is 2. The fourth-order valence-electron chi connectivity index (χ4n) is 1.50. The first-order valence-corrected chi connectivity index (χ1v) is 6.13. The Morgan fingerprint density at radius 1 is 1.39 bits per heavy atom. The lowest BCUT2D eigenvalue weighted by Gasteiger charge is -2.06. The molecule has 1 aromatic carbocycles. The van der Waals surface area contributed by atoms with Crippen LogP contribution in [0.15, 0.2) is 30.7 Å². The standard InChI is InChI=1S/C12H11Cl2N3O/c13-8-1-2-10(11(14)5-8)12(18)16-4-3-9-6-15-7-17-9/h1-2,5-7H,3-4H2,(H,15,17)(H,16,18). The van der Waals surface area contributed by atoms with Gasteiger partial charge in [0.15, 0.2) is 0 Å². The minimum Gasteiger partial charge on any atom is -0.352 e. The zero-order chi connectivity index (χ0) is 13.0. The molecule has 0 atom stereocenters. The normalized spacial score (nSPS) is 10.3. The topological polar surface area (TPSA) is 57.8 Å². The van der Waals surface area contributed by atoms with Crippen molar-refractivity contribution >= 4 is 29.1 Å². The molecule has 0 saturated carbocycles. The van der Waals surface area contributed by atoms with E-state index in [4.69, 9.17) is 23.2 Å². The summed E-state index contributed by atoms with van der Waals surface area (Å²) in [4.78, 5) is 18.7. The van der Waals surface area contributed by atoms with Crippen LogP contribution < -0.4 is 5.32 Å². The number of rotatable bonds is 4. The summed E-state index contributed by atoms with van der Waals surface area (Å²) in [7, 11) is 0. The Morgan fingerprint density at radius 3 is 2.89 bits per heavy atom. The number of aromatic nitrogens is 2. The van der Waals surface area contributed by atoms with Gasteiger partial charge in [0, 0.05) is 29.9 Å². The second kappa shape index (κ2) is 5.89. The van der Waals surface area contributed by atoms with E-state index < -0.39 is 0 Å². The Bertz CT molecular complexity index is 540. The van der Waals surface area contributed by atoms with Crippen LogP contribution in [0.1, 0.15) is 16.1 Å². The summed E-state index contributed by atoms with van der Waals surface area (Å²) >= 11 is 11.7. The number of benzene rings is 1. The maximum Gasteiger partial charge on any atom is 0.252 e. The maximum absolute atomic E-state index is 11.8. The molecule has 0 saturated heterocycles. The van der Waals surface area contributed by atoms with Crippen molar-refractivity contribution in [3.63, 3.8) is 0 Å². The lowest BCUT2D eigenvalue weighted by molar-refractivity contribution is 0.0954. The van der Waals surface area contributed by atoms with Gasteiger partial charge in [0.1, 0.15) is 0 Å². The van der Waals surface area contributed by atoms with Crippen molar-refractivity contribution in [2.24, 2.45) is 0 Å². The Kier molecular flexibility index (Phi) is 4.23. The highest BCUT2D eigenvalue weighted by Crippen LogP contribution is 2.20. The van der Waals surface area contributed by atoms with E-state index in [2.05, 4.69) is 15.3 Å². The summed E-state index contributed by atoms with van der Waals surface area (Å²) in [6.45, 7) is 0.514. The number of hydrogen-bond acceptors (Lipinski definition) is 2. The summed E-state index contributed by atoms with van der Waals surface area (Å²) in [6.07, 6.45) is 4.02. The Hall–Kier alpha value is -1.52. The van der Waals surface area contributed by atoms with E-state index in [0.29, 0.717) is 28.6 Å². The highest BCUT2D eigenvalue weighted by molar-refractivity contribution is 6.36. The van der Waals surface area contributed by atoms with Crippen molar-refractivity contribution in [3.8, 4) is 0 Å². The van der Waals surface area contributed by atoms with Gasteiger partial charge < -0.3 is 10.3 Å². The number of nitrogens with zero attached hydrogens (tertiary/aromatic N) is 1. The molecule has 2 rings (SSSR count). The van der Waals surface area contributed by atoms with Gasteiger partial charge in [0.05, 0.1) is 16.9 Å². The van der Waals surface area contributed by atoms with Gasteiger partial charge in [-0.15, -0.1) is 0 Å². The van der Waals surface area contributed by atoms with E-state index in [0.717, 1.165) is 5.69 Å². The van der Waals surface area contributed by atoms with E-state index in [-0.39, 0.29) is 5.91 Å². The van der Waals surface area contributed by atoms with Crippen molar-refractivity contribution in [2.45, 2.75) is 6.42 Å². The quantitative estimate of drug-likeness (QED) is 0.906. The Balaban J connectivity index is 1.91. The van der Waals surface area contributed by atoms with Gasteiger partial charge in [-0.2, -0.15) is 0 Å². The molecule has 0 unspecified atom stereocenters. The number of carbonyl (C=O) groups excluding carboxylic acids is 1. The predicted molar refractivity (Wildman–Crippen MR) is 71.1 cm³/mol. The Labute approximate surface area is 114 Å². The summed E-state index contributed by atoms with van der Waals surface area (Å²) < 4.78 is 0. The molecule has 0 bridgehead atoms. The number of imidazole rings is 1. The first kappa shape index (κ1) is 12.9. The molecule has 2 aromatic rings. The van der Waals surface area contributed by atoms with E-state index in [1.807, 2.05) is 0 Å². The van der Waals surface area contributed by atoms with E-state index in [9.17, 15) is 4.79 Å². The summed E-state index contributed by atoms with van der Waals surface area (Å²) in [6, 6.07) is 4.79. The van der Waals surface area contributed by atoms with Crippen molar-refractivity contribution in [2.75, 3.05) is 6.54 Å². The lowest BCUT2D eigenvalue weighted by Crippen LogP contribution is -2.26. The third-order valence-corrected chi connectivity index (χ3v) is 2.96. The lowest BCUT2D eigenvalue weighted by atomic mass is 10.2. The van der Waals surface area contributed by atoms with Crippen LogP contribution in [0.3, 0.4) is 0 Å². The van der Waals surface area contributed by atoms with Gasteiger partial charge in [-0.1, -0.05) is 23.2 Å². The third-order valence-electron chi connectivity index (χ3n) is 2.41. The van der Waals surface area contributed by atoms with E-state index in [1.54, 1.807) is 30.7 Å². The number of carbonyl (C=O) groups is 1. The van der Waals surface area contributed by atoms with Crippen LogP contribution in [0, 0.1) is 0 Å². The van der Waals surface area contributed by atoms with Crippen molar-refractivity contribution < 1.29 is 4.79 Å². The van der Waals surface area contributed by atoms with Gasteiger partial charge in [0.25, 0.3) is 5.91 Å². The fraction of sp³-hybridized carbons (Fsp3) is 0.167. The van der Waals surface area contributed by atoms with Crippen LogP contribution >= 0.6 is 23.2 Å². The van der Waals surface area contributed by atoms with Crippen LogP contribution in [0.4, 0.5) is 0 Å². The molecule has 0 aliphatic heterocycles.